The van der Waals surface area contributed by atoms with E-state index in [-0.39, 0.29) is 11.3 Å². The van der Waals surface area contributed by atoms with Gasteiger partial charge < -0.3 is 4.90 Å². The Morgan fingerprint density at radius 3 is 3.00 bits per heavy atom. The largest absolute Gasteiger partial charge is 0.338 e. The van der Waals surface area contributed by atoms with Crippen molar-refractivity contribution in [1.29, 1.82) is 0 Å². The van der Waals surface area contributed by atoms with Gasteiger partial charge in [-0.2, -0.15) is 11.3 Å². The summed E-state index contributed by atoms with van der Waals surface area (Å²) >= 11 is 1.77. The van der Waals surface area contributed by atoms with E-state index < -0.39 is 0 Å². The molecule has 4 rings (SSSR count). The molecule has 0 aromatic carbocycles. The standard InChI is InChI=1S/C19H23N3OS/c23-18(17-3-1-7-20-11-17)22-8-2-5-19(15-22)6-9-21(14-19)12-16-4-10-24-13-16/h1,3-4,7,10-11,13H,2,5-6,8-9,12,14-15H2/t19-/m0/s1. The van der Waals surface area contributed by atoms with Gasteiger partial charge in [0.1, 0.15) is 0 Å². The smallest absolute Gasteiger partial charge is 0.255 e. The molecule has 2 aromatic heterocycles. The third-order valence-corrected chi connectivity index (χ3v) is 6.09. The van der Waals surface area contributed by atoms with E-state index in [1.807, 2.05) is 12.1 Å². The first kappa shape index (κ1) is 15.8. The molecule has 0 radical (unpaired) electrons. The van der Waals surface area contributed by atoms with E-state index in [1.54, 1.807) is 23.7 Å². The number of aromatic nitrogens is 1. The van der Waals surface area contributed by atoms with Crippen LogP contribution in [0, 0.1) is 5.41 Å². The Labute approximate surface area is 147 Å². The first-order chi connectivity index (χ1) is 11.7. The molecule has 1 amide bonds. The molecule has 2 aliphatic rings. The predicted molar refractivity (Wildman–Crippen MR) is 96.0 cm³/mol. The molecule has 4 heterocycles. The molecule has 0 bridgehead atoms. The molecule has 1 spiro atoms. The highest BCUT2D eigenvalue weighted by molar-refractivity contribution is 7.07. The average Bonchev–Trinajstić information content (AvgIpc) is 3.26. The van der Waals surface area contributed by atoms with E-state index in [0.29, 0.717) is 5.56 Å². The average molecular weight is 341 g/mol. The molecular formula is C19H23N3OS. The lowest BCUT2D eigenvalue weighted by molar-refractivity contribution is 0.0526. The number of hydrogen-bond donors (Lipinski definition) is 0. The fraction of sp³-hybridized carbons (Fsp3) is 0.474. The summed E-state index contributed by atoms with van der Waals surface area (Å²) in [5.41, 5.74) is 2.41. The molecule has 126 valence electrons. The molecule has 0 unspecified atom stereocenters. The Hall–Kier alpha value is -1.72. The van der Waals surface area contributed by atoms with Crippen molar-refractivity contribution in [2.24, 2.45) is 5.41 Å². The highest BCUT2D eigenvalue weighted by Crippen LogP contribution is 2.39. The molecule has 2 fully saturated rings. The van der Waals surface area contributed by atoms with Gasteiger partial charge in [-0.25, -0.2) is 0 Å². The zero-order valence-electron chi connectivity index (χ0n) is 13.9. The van der Waals surface area contributed by atoms with Crippen LogP contribution in [0.1, 0.15) is 35.2 Å². The Morgan fingerprint density at radius 1 is 1.25 bits per heavy atom. The summed E-state index contributed by atoms with van der Waals surface area (Å²) in [7, 11) is 0. The number of pyridine rings is 1. The second-order valence-corrected chi connectivity index (χ2v) is 7.94. The van der Waals surface area contributed by atoms with E-state index in [9.17, 15) is 4.79 Å². The van der Waals surface area contributed by atoms with Crippen LogP contribution in [-0.2, 0) is 6.54 Å². The quantitative estimate of drug-likeness (QED) is 0.860. The minimum Gasteiger partial charge on any atom is -0.338 e. The van der Waals surface area contributed by atoms with Gasteiger partial charge in [0.2, 0.25) is 0 Å². The normalized spacial score (nSPS) is 24.6. The zero-order chi connectivity index (χ0) is 16.4. The molecule has 0 aliphatic carbocycles. The maximum Gasteiger partial charge on any atom is 0.255 e. The topological polar surface area (TPSA) is 36.4 Å². The lowest BCUT2D eigenvalue weighted by atomic mass is 9.79. The highest BCUT2D eigenvalue weighted by Gasteiger charge is 2.42. The number of hydrogen-bond acceptors (Lipinski definition) is 4. The van der Waals surface area contributed by atoms with Gasteiger partial charge in [-0.1, -0.05) is 0 Å². The minimum absolute atomic E-state index is 0.137. The monoisotopic (exact) mass is 341 g/mol. The van der Waals surface area contributed by atoms with Crippen LogP contribution in [0.25, 0.3) is 0 Å². The van der Waals surface area contributed by atoms with E-state index in [2.05, 4.69) is 31.6 Å². The molecule has 2 aliphatic heterocycles. The second kappa shape index (κ2) is 6.65. The van der Waals surface area contributed by atoms with Crippen LogP contribution in [0.3, 0.4) is 0 Å². The molecular weight excluding hydrogens is 318 g/mol. The third-order valence-electron chi connectivity index (χ3n) is 5.36. The number of likely N-dealkylation sites (tertiary alicyclic amines) is 2. The summed E-state index contributed by atoms with van der Waals surface area (Å²) in [6.07, 6.45) is 6.95. The zero-order valence-corrected chi connectivity index (χ0v) is 14.7. The van der Waals surface area contributed by atoms with E-state index in [1.165, 1.54) is 18.4 Å². The van der Waals surface area contributed by atoms with Crippen molar-refractivity contribution in [3.63, 3.8) is 0 Å². The van der Waals surface area contributed by atoms with Crippen molar-refractivity contribution in [3.05, 3.63) is 52.5 Å². The van der Waals surface area contributed by atoms with Crippen LogP contribution in [0.5, 0.6) is 0 Å². The summed E-state index contributed by atoms with van der Waals surface area (Å²) < 4.78 is 0. The maximum absolute atomic E-state index is 12.8. The maximum atomic E-state index is 12.8. The lowest BCUT2D eigenvalue weighted by Crippen LogP contribution is -2.47. The van der Waals surface area contributed by atoms with E-state index in [4.69, 9.17) is 0 Å². The number of carbonyl (C=O) groups is 1. The van der Waals surface area contributed by atoms with Gasteiger partial charge in [0.15, 0.2) is 0 Å². The third kappa shape index (κ3) is 3.23. The van der Waals surface area contributed by atoms with Gasteiger partial charge in [-0.15, -0.1) is 0 Å². The van der Waals surface area contributed by atoms with Crippen molar-refractivity contribution < 1.29 is 4.79 Å². The lowest BCUT2D eigenvalue weighted by Gasteiger charge is -2.40. The van der Waals surface area contributed by atoms with E-state index in [0.717, 1.165) is 39.1 Å². The van der Waals surface area contributed by atoms with Crippen LogP contribution in [0.4, 0.5) is 0 Å². The summed E-state index contributed by atoms with van der Waals surface area (Å²) in [6, 6.07) is 5.92. The molecule has 5 heteroatoms. The molecule has 0 saturated carbocycles. The Morgan fingerprint density at radius 2 is 2.21 bits per heavy atom. The Balaban J connectivity index is 1.42. The molecule has 2 aromatic rings. The number of rotatable bonds is 3. The fourth-order valence-corrected chi connectivity index (χ4v) is 4.85. The molecule has 2 saturated heterocycles. The van der Waals surface area contributed by atoms with Crippen molar-refractivity contribution in [1.82, 2.24) is 14.8 Å². The Kier molecular flexibility index (Phi) is 4.37. The van der Waals surface area contributed by atoms with Crippen molar-refractivity contribution in [2.75, 3.05) is 26.2 Å². The minimum atomic E-state index is 0.137. The highest BCUT2D eigenvalue weighted by atomic mass is 32.1. The Bertz CT molecular complexity index is 688. The van der Waals surface area contributed by atoms with Gasteiger partial charge in [0.05, 0.1) is 5.56 Å². The predicted octanol–water partition coefficient (Wildman–Crippen LogP) is 3.27. The fourth-order valence-electron chi connectivity index (χ4n) is 4.19. The van der Waals surface area contributed by atoms with Gasteiger partial charge in [-0.3, -0.25) is 14.7 Å². The molecule has 4 nitrogen and oxygen atoms in total. The first-order valence-electron chi connectivity index (χ1n) is 8.67. The van der Waals surface area contributed by atoms with Crippen LogP contribution in [-0.4, -0.2) is 46.9 Å². The van der Waals surface area contributed by atoms with Crippen LogP contribution < -0.4 is 0 Å². The number of amides is 1. The second-order valence-electron chi connectivity index (χ2n) is 7.16. The van der Waals surface area contributed by atoms with Gasteiger partial charge in [0, 0.05) is 44.0 Å². The van der Waals surface area contributed by atoms with Crippen molar-refractivity contribution in [3.8, 4) is 0 Å². The van der Waals surface area contributed by atoms with Gasteiger partial charge in [-0.05, 0) is 60.3 Å². The molecule has 24 heavy (non-hydrogen) atoms. The number of carbonyl (C=O) groups excluding carboxylic acids is 1. The first-order valence-corrected chi connectivity index (χ1v) is 9.61. The molecule has 0 N–H and O–H groups in total. The van der Waals surface area contributed by atoms with Crippen LogP contribution in [0.15, 0.2) is 41.4 Å². The van der Waals surface area contributed by atoms with Crippen LogP contribution in [0.2, 0.25) is 0 Å². The summed E-state index contributed by atoms with van der Waals surface area (Å²) in [5.74, 6) is 0.137. The van der Waals surface area contributed by atoms with Crippen molar-refractivity contribution >= 4 is 17.2 Å². The van der Waals surface area contributed by atoms with Gasteiger partial charge in [0.25, 0.3) is 5.91 Å². The van der Waals surface area contributed by atoms with Gasteiger partial charge >= 0.3 is 0 Å². The molecule has 1 atom stereocenters. The number of thiophene rings is 1. The van der Waals surface area contributed by atoms with E-state index >= 15 is 0 Å². The van der Waals surface area contributed by atoms with Crippen molar-refractivity contribution in [2.45, 2.75) is 25.8 Å². The summed E-state index contributed by atoms with van der Waals surface area (Å²) in [4.78, 5) is 21.4. The summed E-state index contributed by atoms with van der Waals surface area (Å²) in [6.45, 7) is 5.06. The number of piperidine rings is 1. The van der Waals surface area contributed by atoms with Crippen LogP contribution >= 0.6 is 11.3 Å². The SMILES string of the molecule is O=C(c1cccnc1)N1CCC[C@@]2(CCN(Cc3ccsc3)C2)C1. The number of nitrogens with zero attached hydrogens (tertiary/aromatic N) is 3. The summed E-state index contributed by atoms with van der Waals surface area (Å²) in [5, 5.41) is 4.39.